The third-order valence-electron chi connectivity index (χ3n) is 7.92. The molecule has 7 nitrogen and oxygen atoms in total. The maximum absolute atomic E-state index is 13.5. The zero-order chi connectivity index (χ0) is 36.3. The Labute approximate surface area is 282 Å². The molecule has 1 aromatic heterocycles. The summed E-state index contributed by atoms with van der Waals surface area (Å²) >= 11 is 0. The van der Waals surface area contributed by atoms with E-state index in [1.165, 1.54) is 17.3 Å². The molecule has 0 aliphatic heterocycles. The number of hydrogen-bond acceptors (Lipinski definition) is 6. The lowest BCUT2D eigenvalue weighted by Crippen LogP contribution is -2.44. The number of pyridine rings is 1. The number of fused-ring (bicyclic) bond motifs is 1. The number of rotatable bonds is 9. The highest BCUT2D eigenvalue weighted by atomic mass is 32.2. The number of carbonyl (C=O) groups is 1. The Bertz CT molecular complexity index is 1730. The van der Waals surface area contributed by atoms with E-state index in [2.05, 4.69) is 4.98 Å². The second-order valence-corrected chi connectivity index (χ2v) is 14.6. The van der Waals surface area contributed by atoms with Crippen LogP contribution < -0.4 is 4.31 Å². The van der Waals surface area contributed by atoms with Gasteiger partial charge >= 0.3 is 6.18 Å². The van der Waals surface area contributed by atoms with Crippen LogP contribution in [0.5, 0.6) is 5.75 Å². The lowest BCUT2D eigenvalue weighted by molar-refractivity contribution is -0.106. The van der Waals surface area contributed by atoms with Gasteiger partial charge in [-0.15, -0.1) is 0 Å². The van der Waals surface area contributed by atoms with Crippen LogP contribution in [0.4, 0.5) is 18.9 Å². The second kappa shape index (κ2) is 17.4. The zero-order valence-electron chi connectivity index (χ0n) is 28.7. The number of allylic oxidation sites excluding steroid dienone is 6. The number of benzene rings is 2. The summed E-state index contributed by atoms with van der Waals surface area (Å²) < 4.78 is 67.6. The lowest BCUT2D eigenvalue weighted by Gasteiger charge is -2.33. The van der Waals surface area contributed by atoms with Gasteiger partial charge in [-0.1, -0.05) is 50.3 Å². The monoisotopic (exact) mass is 688 g/mol. The van der Waals surface area contributed by atoms with E-state index >= 15 is 0 Å². The van der Waals surface area contributed by atoms with Crippen molar-refractivity contribution in [3.63, 3.8) is 0 Å². The van der Waals surface area contributed by atoms with Gasteiger partial charge in [-0.3, -0.25) is 9.29 Å². The number of carbonyl (C=O) groups excluding carboxylic acids is 1. The number of aromatic hydroxyl groups is 1. The van der Waals surface area contributed by atoms with Gasteiger partial charge in [-0.25, -0.2) is 8.42 Å². The summed E-state index contributed by atoms with van der Waals surface area (Å²) in [5.74, 6) is 0.574. The van der Waals surface area contributed by atoms with Crippen molar-refractivity contribution in [2.75, 3.05) is 17.5 Å². The average molecular weight is 689 g/mol. The Morgan fingerprint density at radius 3 is 2.23 bits per heavy atom. The van der Waals surface area contributed by atoms with Crippen LogP contribution in [0.2, 0.25) is 0 Å². The third-order valence-corrected chi connectivity index (χ3v) is 10.6. The fourth-order valence-corrected chi connectivity index (χ4v) is 6.52. The summed E-state index contributed by atoms with van der Waals surface area (Å²) in [6.07, 6.45) is 3.29. The molecule has 0 radical (unpaired) electrons. The number of aliphatic hydroxyl groups excluding tert-OH is 1. The van der Waals surface area contributed by atoms with Crippen LogP contribution >= 0.6 is 0 Å². The van der Waals surface area contributed by atoms with Crippen molar-refractivity contribution in [1.29, 1.82) is 0 Å². The highest BCUT2D eigenvalue weighted by molar-refractivity contribution is 7.94. The van der Waals surface area contributed by atoms with E-state index in [4.69, 9.17) is 15.0 Å². The van der Waals surface area contributed by atoms with Gasteiger partial charge in [0.15, 0.2) is 0 Å². The van der Waals surface area contributed by atoms with E-state index in [1.807, 2.05) is 26.0 Å². The first-order valence-corrected chi connectivity index (χ1v) is 17.3. The molecule has 1 aliphatic carbocycles. The molecule has 2 aromatic carbocycles. The van der Waals surface area contributed by atoms with Crippen molar-refractivity contribution < 1.29 is 36.6 Å². The maximum atomic E-state index is 13.5. The van der Waals surface area contributed by atoms with E-state index in [0.717, 1.165) is 24.3 Å². The maximum Gasteiger partial charge on any atom is 0.413 e. The van der Waals surface area contributed by atoms with E-state index in [-0.39, 0.29) is 31.2 Å². The number of phenols is 1. The average Bonchev–Trinajstić information content (AvgIpc) is 3.30. The van der Waals surface area contributed by atoms with Gasteiger partial charge in [0, 0.05) is 29.8 Å². The molecule has 1 atom stereocenters. The van der Waals surface area contributed by atoms with Gasteiger partial charge < -0.3 is 15.0 Å². The van der Waals surface area contributed by atoms with Gasteiger partial charge in [0.1, 0.15) is 12.0 Å². The minimum atomic E-state index is -4.42. The number of anilines is 1. The number of hydrogen-bond donors (Lipinski definition) is 2. The van der Waals surface area contributed by atoms with Crippen LogP contribution in [-0.4, -0.2) is 54.0 Å². The third kappa shape index (κ3) is 10.5. The fraction of sp³-hybridized carbons (Fsp3) is 0.405. The number of halogens is 3. The van der Waals surface area contributed by atoms with Gasteiger partial charge in [0.2, 0.25) is 10.0 Å². The standard InChI is InChI=1S/C25H29F3N2O2S.C10H14O2.C2H4O/c1-6-24(4,5)33(31,32)30(7-2)23-14-17(3)29-22-13-12-19(16-21(22)23)18-10-8-9-11-20(15-18)25(26,27)28;1-8(7-11)6-9-2-4-10(12)5-3-9;1-2-3/h8-10,12-16H,6-7,11H2,1-5H3;2-5,8,11-12H,6-7H2,1H3;2H,1H3. The molecule has 4 rings (SSSR count). The molecule has 48 heavy (non-hydrogen) atoms. The van der Waals surface area contributed by atoms with Crippen molar-refractivity contribution >= 4 is 38.5 Å². The number of phenolic OH excluding ortho intramolecular Hbond substituents is 1. The van der Waals surface area contributed by atoms with Crippen molar-refractivity contribution in [2.45, 2.75) is 78.7 Å². The molecule has 262 valence electrons. The van der Waals surface area contributed by atoms with E-state index in [9.17, 15) is 21.6 Å². The van der Waals surface area contributed by atoms with Crippen LogP contribution in [-0.2, 0) is 21.2 Å². The molecule has 0 spiro atoms. The molecule has 0 bridgehead atoms. The van der Waals surface area contributed by atoms with E-state index < -0.39 is 26.5 Å². The Morgan fingerprint density at radius 2 is 1.69 bits per heavy atom. The van der Waals surface area contributed by atoms with Gasteiger partial charge in [-0.05, 0) is 113 Å². The van der Waals surface area contributed by atoms with E-state index in [0.29, 0.717) is 39.8 Å². The molecule has 0 amide bonds. The van der Waals surface area contributed by atoms with Crippen LogP contribution in [0.15, 0.2) is 78.4 Å². The largest absolute Gasteiger partial charge is 0.508 e. The minimum Gasteiger partial charge on any atom is -0.508 e. The number of aryl methyl sites for hydroxylation is 1. The number of aliphatic hydroxyl groups is 1. The van der Waals surface area contributed by atoms with Crippen molar-refractivity contribution in [3.8, 4) is 5.75 Å². The smallest absolute Gasteiger partial charge is 0.413 e. The summed E-state index contributed by atoms with van der Waals surface area (Å²) in [7, 11) is -3.71. The predicted molar refractivity (Wildman–Crippen MR) is 188 cm³/mol. The highest BCUT2D eigenvalue weighted by Gasteiger charge is 2.38. The molecule has 1 heterocycles. The van der Waals surface area contributed by atoms with Crippen molar-refractivity contribution in [3.05, 3.63) is 95.2 Å². The molecule has 3 aromatic rings. The summed E-state index contributed by atoms with van der Waals surface area (Å²) in [6.45, 7) is 12.6. The van der Waals surface area contributed by atoms with E-state index in [1.54, 1.807) is 76.2 Å². The Kier molecular flexibility index (Phi) is 14.6. The van der Waals surface area contributed by atoms with Crippen LogP contribution in [0.1, 0.15) is 71.2 Å². The molecule has 0 saturated heterocycles. The Morgan fingerprint density at radius 1 is 1.06 bits per heavy atom. The number of aldehydes is 1. The SMILES string of the molecule is CC(CO)Cc1ccc(O)cc1.CC=O.CCN(c1cc(C)nc2ccc(C3=CC=CCC(C(F)(F)F)=C3)cc12)S(=O)(=O)C(C)(C)CC. The first kappa shape index (κ1) is 40.2. The molecular weight excluding hydrogens is 641 g/mol. The first-order valence-electron chi connectivity index (χ1n) is 15.8. The minimum absolute atomic E-state index is 0.197. The predicted octanol–water partition coefficient (Wildman–Crippen LogP) is 8.49. The summed E-state index contributed by atoms with van der Waals surface area (Å²) in [5, 5.41) is 18.4. The summed E-state index contributed by atoms with van der Waals surface area (Å²) in [4.78, 5) is 13.3. The normalized spacial score (nSPS) is 14.0. The lowest BCUT2D eigenvalue weighted by atomic mass is 10.00. The molecule has 0 fully saturated rings. The number of aromatic nitrogens is 1. The first-order chi connectivity index (χ1) is 22.4. The van der Waals surface area contributed by atoms with Gasteiger partial charge in [0.25, 0.3) is 0 Å². The van der Waals surface area contributed by atoms with Gasteiger partial charge in [0.05, 0.1) is 16.0 Å². The molecule has 0 saturated carbocycles. The quantitative estimate of drug-likeness (QED) is 0.219. The summed E-state index contributed by atoms with van der Waals surface area (Å²) in [6, 6.07) is 14.0. The molecule has 1 aliphatic rings. The number of sulfonamides is 1. The molecule has 2 N–H and O–H groups in total. The Balaban J connectivity index is 0.000000443. The molecule has 11 heteroatoms. The second-order valence-electron chi connectivity index (χ2n) is 12.1. The van der Waals surface area contributed by atoms with Crippen LogP contribution in [0, 0.1) is 12.8 Å². The van der Waals surface area contributed by atoms with Crippen LogP contribution in [0.3, 0.4) is 0 Å². The van der Waals surface area contributed by atoms with Crippen molar-refractivity contribution in [2.24, 2.45) is 5.92 Å². The molecular formula is C37H47F3N2O5S. The van der Waals surface area contributed by atoms with Crippen LogP contribution in [0.25, 0.3) is 16.5 Å². The summed E-state index contributed by atoms with van der Waals surface area (Å²) in [5.41, 5.74) is 3.20. The Hall–Kier alpha value is -3.96. The zero-order valence-corrected chi connectivity index (χ0v) is 29.5. The highest BCUT2D eigenvalue weighted by Crippen LogP contribution is 2.37. The van der Waals surface area contributed by atoms with Crippen molar-refractivity contribution in [1.82, 2.24) is 4.98 Å². The van der Waals surface area contributed by atoms with Gasteiger partial charge in [-0.2, -0.15) is 13.2 Å². The fourth-order valence-electron chi connectivity index (χ4n) is 4.81. The number of nitrogens with zero attached hydrogens (tertiary/aromatic N) is 2. The molecule has 1 unspecified atom stereocenters. The number of alkyl halides is 3. The topological polar surface area (TPSA) is 108 Å².